The molecular formula is C59H106O10. The van der Waals surface area contributed by atoms with Crippen LogP contribution in [0.1, 0.15) is 278 Å². The van der Waals surface area contributed by atoms with Crippen molar-refractivity contribution in [2.45, 2.75) is 308 Å². The molecule has 0 spiro atoms. The molecule has 3 N–H and O–H groups in total. The van der Waals surface area contributed by atoms with Crippen LogP contribution in [-0.2, 0) is 33.3 Å². The number of hydrogen-bond acceptors (Lipinski definition) is 10. The van der Waals surface area contributed by atoms with Crippen LogP contribution in [0.3, 0.4) is 0 Å². The maximum Gasteiger partial charge on any atom is 0.308 e. The number of unbranched alkanes of at least 4 members (excludes halogenated alkanes) is 24. The Morgan fingerprint density at radius 2 is 0.812 bits per heavy atom. The summed E-state index contributed by atoms with van der Waals surface area (Å²) >= 11 is 0. The van der Waals surface area contributed by atoms with Gasteiger partial charge in [-0.15, -0.1) is 0 Å². The molecule has 0 aromatic heterocycles. The molecule has 1 aliphatic rings. The van der Waals surface area contributed by atoms with Gasteiger partial charge in [-0.1, -0.05) is 192 Å². The smallest absolute Gasteiger partial charge is 0.308 e. The van der Waals surface area contributed by atoms with Gasteiger partial charge in [0.1, 0.15) is 6.61 Å². The van der Waals surface area contributed by atoms with E-state index in [4.69, 9.17) is 18.9 Å². The summed E-state index contributed by atoms with van der Waals surface area (Å²) in [6.07, 6.45) is 48.4. The van der Waals surface area contributed by atoms with Crippen LogP contribution in [0.25, 0.3) is 0 Å². The highest BCUT2D eigenvalue weighted by atomic mass is 16.8. The van der Waals surface area contributed by atoms with Crippen molar-refractivity contribution in [2.24, 2.45) is 0 Å². The highest BCUT2D eigenvalue weighted by Gasteiger charge is 2.52. The molecule has 1 aliphatic heterocycles. The second-order valence-electron chi connectivity index (χ2n) is 20.1. The van der Waals surface area contributed by atoms with Crippen molar-refractivity contribution in [2.75, 3.05) is 13.2 Å². The quantitative estimate of drug-likeness (QED) is 0.0233. The predicted molar refractivity (Wildman–Crippen MR) is 283 cm³/mol. The van der Waals surface area contributed by atoms with Gasteiger partial charge in [0.15, 0.2) is 0 Å². The second kappa shape index (κ2) is 46.5. The Morgan fingerprint density at radius 3 is 1.19 bits per heavy atom. The third-order valence-corrected chi connectivity index (χ3v) is 13.4. The van der Waals surface area contributed by atoms with Crippen LogP contribution in [0, 0.1) is 0 Å². The van der Waals surface area contributed by atoms with Crippen molar-refractivity contribution in [3.05, 3.63) is 36.5 Å². The number of aliphatic hydroxyl groups excluding tert-OH is 3. The summed E-state index contributed by atoms with van der Waals surface area (Å²) in [7, 11) is 0. The Labute approximate surface area is 422 Å². The van der Waals surface area contributed by atoms with Crippen molar-refractivity contribution < 1.29 is 48.7 Å². The van der Waals surface area contributed by atoms with Crippen molar-refractivity contribution in [1.82, 2.24) is 0 Å². The summed E-state index contributed by atoms with van der Waals surface area (Å²) in [5.74, 6) is -2.65. The predicted octanol–water partition coefficient (Wildman–Crippen LogP) is 15.1. The third kappa shape index (κ3) is 38.8. The van der Waals surface area contributed by atoms with Crippen molar-refractivity contribution in [1.29, 1.82) is 0 Å². The van der Waals surface area contributed by atoms with Crippen LogP contribution in [0.4, 0.5) is 0 Å². The highest BCUT2D eigenvalue weighted by Crippen LogP contribution is 2.35. The van der Waals surface area contributed by atoms with E-state index in [2.05, 4.69) is 57.2 Å². The lowest BCUT2D eigenvalue weighted by Crippen LogP contribution is -2.59. The average molecular weight is 975 g/mol. The first-order chi connectivity index (χ1) is 33.7. The fourth-order valence-corrected chi connectivity index (χ4v) is 8.73. The molecule has 5 atom stereocenters. The zero-order valence-corrected chi connectivity index (χ0v) is 44.7. The van der Waals surface area contributed by atoms with Gasteiger partial charge >= 0.3 is 17.9 Å². The van der Waals surface area contributed by atoms with E-state index in [1.165, 1.54) is 57.8 Å². The van der Waals surface area contributed by atoms with Crippen molar-refractivity contribution >= 4 is 17.9 Å². The fraction of sp³-hybridized carbons (Fsp3) is 0.847. The van der Waals surface area contributed by atoms with E-state index in [0.29, 0.717) is 32.3 Å². The first-order valence-corrected chi connectivity index (χ1v) is 28.9. The van der Waals surface area contributed by atoms with Gasteiger partial charge in [-0.2, -0.15) is 0 Å². The molecule has 10 heteroatoms. The molecule has 0 aromatic rings. The van der Waals surface area contributed by atoms with Crippen molar-refractivity contribution in [3.63, 3.8) is 0 Å². The number of carbonyl (C=O) groups excluding carboxylic acids is 3. The lowest BCUT2D eigenvalue weighted by atomic mass is 10.0. The van der Waals surface area contributed by atoms with E-state index < -0.39 is 23.8 Å². The minimum atomic E-state index is -1.46. The van der Waals surface area contributed by atoms with Crippen LogP contribution >= 0.6 is 0 Å². The topological polar surface area (TPSA) is 149 Å². The number of aliphatic hydroxyl groups is 3. The van der Waals surface area contributed by atoms with Crippen LogP contribution in [0.5, 0.6) is 0 Å². The number of allylic oxidation sites excluding steroid dienone is 3. The Morgan fingerprint density at radius 1 is 0.464 bits per heavy atom. The van der Waals surface area contributed by atoms with Gasteiger partial charge in [-0.25, -0.2) is 0 Å². The summed E-state index contributed by atoms with van der Waals surface area (Å²) in [6.45, 7) is 6.72. The molecule has 0 bridgehead atoms. The largest absolute Gasteiger partial charge is 0.461 e. The number of esters is 3. The van der Waals surface area contributed by atoms with E-state index in [1.54, 1.807) is 0 Å². The van der Waals surface area contributed by atoms with Gasteiger partial charge < -0.3 is 34.3 Å². The van der Waals surface area contributed by atoms with Gasteiger partial charge in [0.2, 0.25) is 6.10 Å². The molecule has 2 unspecified atom stereocenters. The van der Waals surface area contributed by atoms with Crippen LogP contribution in [0.15, 0.2) is 36.5 Å². The number of hydrogen-bond donors (Lipinski definition) is 3. The fourth-order valence-electron chi connectivity index (χ4n) is 8.73. The minimum absolute atomic E-state index is 0.220. The number of ether oxygens (including phenoxy) is 4. The normalized spacial score (nSPS) is 16.8. The highest BCUT2D eigenvalue weighted by molar-refractivity contribution is 5.71. The monoisotopic (exact) mass is 975 g/mol. The standard InChI is InChI=1S/C59H106O10/c1-4-7-10-31-40-52(60)43-34-25-19-13-16-22-28-37-46-56(63)66-51-55(68-57(64)47-38-29-23-17-14-20-26-35-44-53(61)41-32-11-8-5-2)59(49-50-67-59)69-58(65)48-39-30-24-18-15-21-27-36-45-54(62)42-33-12-9-6-3/h25-27,34-36,52-55,60-62H,4-24,28-33,37-51H2,1-3H3/b34-25-,35-26-,36-27-/t52-,53-,54-,55?,59?/m1/s1. The third-order valence-electron chi connectivity index (χ3n) is 13.4. The maximum absolute atomic E-state index is 13.2. The minimum Gasteiger partial charge on any atom is -0.461 e. The molecular weight excluding hydrogens is 869 g/mol. The molecule has 0 amide bonds. The Balaban J connectivity index is 2.51. The molecule has 0 aliphatic carbocycles. The van der Waals surface area contributed by atoms with E-state index in [1.807, 2.05) is 0 Å². The summed E-state index contributed by atoms with van der Waals surface area (Å²) < 4.78 is 23.4. The first-order valence-electron chi connectivity index (χ1n) is 28.9. The molecule has 402 valence electrons. The molecule has 69 heavy (non-hydrogen) atoms. The maximum atomic E-state index is 13.2. The molecule has 1 saturated heterocycles. The molecule has 0 radical (unpaired) electrons. The van der Waals surface area contributed by atoms with Gasteiger partial charge in [0.25, 0.3) is 5.79 Å². The van der Waals surface area contributed by atoms with E-state index in [0.717, 1.165) is 154 Å². The van der Waals surface area contributed by atoms with E-state index in [9.17, 15) is 29.7 Å². The lowest BCUT2D eigenvalue weighted by Gasteiger charge is -2.44. The Hall–Kier alpha value is -2.53. The van der Waals surface area contributed by atoms with Gasteiger partial charge in [0.05, 0.1) is 24.9 Å². The number of carbonyl (C=O) groups is 3. The molecule has 0 aromatic carbocycles. The zero-order chi connectivity index (χ0) is 50.3. The van der Waals surface area contributed by atoms with Gasteiger partial charge in [-0.05, 0) is 96.3 Å². The Kier molecular flexibility index (Phi) is 43.5. The number of rotatable bonds is 50. The average Bonchev–Trinajstić information content (AvgIpc) is 3.32. The van der Waals surface area contributed by atoms with Gasteiger partial charge in [-0.3, -0.25) is 14.4 Å². The van der Waals surface area contributed by atoms with E-state index in [-0.39, 0.29) is 50.2 Å². The summed E-state index contributed by atoms with van der Waals surface area (Å²) in [5.41, 5.74) is 0. The van der Waals surface area contributed by atoms with Crippen LogP contribution < -0.4 is 0 Å². The van der Waals surface area contributed by atoms with E-state index >= 15 is 0 Å². The summed E-state index contributed by atoms with van der Waals surface area (Å²) in [5, 5.41) is 30.5. The molecule has 1 fully saturated rings. The summed E-state index contributed by atoms with van der Waals surface area (Å²) in [6, 6.07) is 0. The molecule has 10 nitrogen and oxygen atoms in total. The first kappa shape index (κ1) is 64.5. The summed E-state index contributed by atoms with van der Waals surface area (Å²) in [4.78, 5) is 39.3. The lowest BCUT2D eigenvalue weighted by molar-refractivity contribution is -0.335. The SMILES string of the molecule is CCCCCC[C@@H](O)C/C=C\CCCCCCCC(=O)OCC(OC(=O)CCCCCCC/C=C\C[C@H](O)CCCCCC)C1(OC(=O)CCCCCCC/C=C\C[C@H](O)CCCCCC)CCO1. The molecule has 1 rings (SSSR count). The zero-order valence-electron chi connectivity index (χ0n) is 44.7. The van der Waals surface area contributed by atoms with Gasteiger partial charge in [0, 0.05) is 25.7 Å². The molecule has 0 saturated carbocycles. The second-order valence-corrected chi connectivity index (χ2v) is 20.1. The van der Waals surface area contributed by atoms with Crippen molar-refractivity contribution in [3.8, 4) is 0 Å². The van der Waals surface area contributed by atoms with Crippen LogP contribution in [0.2, 0.25) is 0 Å². The molecule has 1 heterocycles. The van der Waals surface area contributed by atoms with Crippen LogP contribution in [-0.4, -0.2) is 76.6 Å². The Bertz CT molecular complexity index is 1290.